The van der Waals surface area contributed by atoms with Crippen LogP contribution >= 0.6 is 11.8 Å². The molecular weight excluding hydrogens is 218 g/mol. The molecule has 1 aromatic heterocycles. The molecule has 16 heavy (non-hydrogen) atoms. The van der Waals surface area contributed by atoms with Crippen LogP contribution in [0.2, 0.25) is 0 Å². The molecule has 1 fully saturated rings. The molecule has 1 aliphatic rings. The van der Waals surface area contributed by atoms with Crippen molar-refractivity contribution in [2.75, 3.05) is 11.5 Å². The lowest BCUT2D eigenvalue weighted by Crippen LogP contribution is -2.00. The number of nitrogen functional groups attached to an aromatic ring is 1. The predicted octanol–water partition coefficient (Wildman–Crippen LogP) is 2.85. The van der Waals surface area contributed by atoms with Crippen LogP contribution in [0.15, 0.2) is 5.03 Å². The minimum Gasteiger partial charge on any atom is -0.395 e. The maximum atomic E-state index is 6.10. The zero-order chi connectivity index (χ0) is 11.5. The number of hydrogen-bond donors (Lipinski definition) is 1. The second-order valence-corrected chi connectivity index (χ2v) is 5.61. The molecule has 0 atom stereocenters. The molecular formula is C12H21N3S. The second-order valence-electron chi connectivity index (χ2n) is 4.60. The zero-order valence-corrected chi connectivity index (χ0v) is 11.0. The minimum absolute atomic E-state index is 0.893. The molecule has 0 bridgehead atoms. The fourth-order valence-corrected chi connectivity index (χ4v) is 3.61. The molecule has 0 aromatic carbocycles. The van der Waals surface area contributed by atoms with E-state index in [9.17, 15) is 0 Å². The Labute approximate surface area is 102 Å². The van der Waals surface area contributed by atoms with E-state index in [0.717, 1.165) is 28.7 Å². The van der Waals surface area contributed by atoms with Gasteiger partial charge in [0.1, 0.15) is 5.03 Å². The summed E-state index contributed by atoms with van der Waals surface area (Å²) in [5, 5.41) is 5.60. The van der Waals surface area contributed by atoms with Crippen LogP contribution in [0.5, 0.6) is 0 Å². The van der Waals surface area contributed by atoms with E-state index in [1.54, 1.807) is 0 Å². The van der Waals surface area contributed by atoms with Gasteiger partial charge in [-0.1, -0.05) is 19.8 Å². The molecule has 1 saturated carbocycles. The van der Waals surface area contributed by atoms with E-state index >= 15 is 0 Å². The Morgan fingerprint density at radius 2 is 2.12 bits per heavy atom. The maximum absolute atomic E-state index is 6.10. The summed E-state index contributed by atoms with van der Waals surface area (Å²) in [6.45, 7) is 2.10. The highest BCUT2D eigenvalue weighted by molar-refractivity contribution is 7.99. The van der Waals surface area contributed by atoms with Crippen molar-refractivity contribution in [3.63, 3.8) is 0 Å². The Morgan fingerprint density at radius 3 is 2.69 bits per heavy atom. The fraction of sp³-hybridized carbons (Fsp3) is 0.750. The number of anilines is 1. The van der Waals surface area contributed by atoms with Crippen LogP contribution < -0.4 is 5.73 Å². The SMILES string of the molecule is CCc1nn(C)c(SCC2CCCC2)c1N. The highest BCUT2D eigenvalue weighted by Crippen LogP contribution is 2.34. The topological polar surface area (TPSA) is 43.8 Å². The first-order valence-corrected chi connectivity index (χ1v) is 7.15. The van der Waals surface area contributed by atoms with E-state index in [-0.39, 0.29) is 0 Å². The molecule has 0 saturated heterocycles. The molecule has 0 radical (unpaired) electrons. The lowest BCUT2D eigenvalue weighted by Gasteiger charge is -2.08. The summed E-state index contributed by atoms with van der Waals surface area (Å²) in [7, 11) is 1.99. The van der Waals surface area contributed by atoms with Gasteiger partial charge in [-0.2, -0.15) is 5.10 Å². The summed E-state index contributed by atoms with van der Waals surface area (Å²) >= 11 is 1.88. The molecule has 1 aliphatic carbocycles. The lowest BCUT2D eigenvalue weighted by molar-refractivity contribution is 0.620. The van der Waals surface area contributed by atoms with E-state index in [1.807, 2.05) is 23.5 Å². The van der Waals surface area contributed by atoms with Crippen LogP contribution in [0.1, 0.15) is 38.3 Å². The first-order valence-electron chi connectivity index (χ1n) is 6.16. The molecule has 90 valence electrons. The van der Waals surface area contributed by atoms with Crippen molar-refractivity contribution in [3.05, 3.63) is 5.69 Å². The van der Waals surface area contributed by atoms with Gasteiger partial charge >= 0.3 is 0 Å². The van der Waals surface area contributed by atoms with Gasteiger partial charge in [0, 0.05) is 12.8 Å². The van der Waals surface area contributed by atoms with Crippen molar-refractivity contribution in [2.45, 2.75) is 44.1 Å². The third kappa shape index (κ3) is 2.37. The van der Waals surface area contributed by atoms with Crippen molar-refractivity contribution in [2.24, 2.45) is 13.0 Å². The number of rotatable bonds is 4. The standard InChI is InChI=1S/C12H21N3S/c1-3-10-11(13)12(15(2)14-10)16-8-9-6-4-5-7-9/h9H,3-8,13H2,1-2H3. The summed E-state index contributed by atoms with van der Waals surface area (Å²) in [5.41, 5.74) is 8.03. The van der Waals surface area contributed by atoms with Gasteiger partial charge in [0.25, 0.3) is 0 Å². The van der Waals surface area contributed by atoms with Gasteiger partial charge in [-0.05, 0) is 25.2 Å². The van der Waals surface area contributed by atoms with Crippen molar-refractivity contribution in [1.29, 1.82) is 0 Å². The van der Waals surface area contributed by atoms with Crippen LogP contribution in [-0.2, 0) is 13.5 Å². The van der Waals surface area contributed by atoms with E-state index in [1.165, 1.54) is 31.4 Å². The third-order valence-electron chi connectivity index (χ3n) is 3.37. The highest BCUT2D eigenvalue weighted by Gasteiger charge is 2.18. The highest BCUT2D eigenvalue weighted by atomic mass is 32.2. The Bertz CT molecular complexity index is 353. The number of aryl methyl sites for hydroxylation is 2. The first kappa shape index (κ1) is 11.8. The summed E-state index contributed by atoms with van der Waals surface area (Å²) in [5.74, 6) is 2.09. The molecule has 0 aliphatic heterocycles. The maximum Gasteiger partial charge on any atom is 0.117 e. The Hall–Kier alpha value is -0.640. The Morgan fingerprint density at radius 1 is 1.44 bits per heavy atom. The zero-order valence-electron chi connectivity index (χ0n) is 10.2. The molecule has 0 unspecified atom stereocenters. The van der Waals surface area contributed by atoms with Crippen molar-refractivity contribution >= 4 is 17.4 Å². The van der Waals surface area contributed by atoms with Crippen LogP contribution in [-0.4, -0.2) is 15.5 Å². The van der Waals surface area contributed by atoms with Crippen LogP contribution in [0, 0.1) is 5.92 Å². The molecule has 0 amide bonds. The monoisotopic (exact) mass is 239 g/mol. The summed E-state index contributed by atoms with van der Waals surface area (Å²) in [6.07, 6.45) is 6.53. The number of thioether (sulfide) groups is 1. The number of nitrogens with two attached hydrogens (primary N) is 1. The van der Waals surface area contributed by atoms with Gasteiger partial charge in [0.15, 0.2) is 0 Å². The van der Waals surface area contributed by atoms with Gasteiger partial charge in [-0.25, -0.2) is 0 Å². The van der Waals surface area contributed by atoms with E-state index in [4.69, 9.17) is 5.73 Å². The van der Waals surface area contributed by atoms with E-state index in [0.29, 0.717) is 0 Å². The molecule has 3 nitrogen and oxygen atoms in total. The number of aromatic nitrogens is 2. The normalized spacial score (nSPS) is 17.1. The average Bonchev–Trinajstić information content (AvgIpc) is 2.86. The third-order valence-corrected chi connectivity index (χ3v) is 4.77. The van der Waals surface area contributed by atoms with Crippen molar-refractivity contribution < 1.29 is 0 Å². The summed E-state index contributed by atoms with van der Waals surface area (Å²) in [4.78, 5) is 0. The van der Waals surface area contributed by atoms with Crippen LogP contribution in [0.3, 0.4) is 0 Å². The van der Waals surface area contributed by atoms with Crippen LogP contribution in [0.25, 0.3) is 0 Å². The molecule has 2 rings (SSSR count). The fourth-order valence-electron chi connectivity index (χ4n) is 2.38. The smallest absolute Gasteiger partial charge is 0.117 e. The summed E-state index contributed by atoms with van der Waals surface area (Å²) in [6, 6.07) is 0. The lowest BCUT2D eigenvalue weighted by atomic mass is 10.1. The Balaban J connectivity index is 2.00. The number of nitrogens with zero attached hydrogens (tertiary/aromatic N) is 2. The summed E-state index contributed by atoms with van der Waals surface area (Å²) < 4.78 is 1.94. The van der Waals surface area contributed by atoms with Gasteiger partial charge in [0.05, 0.1) is 11.4 Å². The van der Waals surface area contributed by atoms with Gasteiger partial charge in [-0.15, -0.1) is 11.8 Å². The van der Waals surface area contributed by atoms with Crippen LogP contribution in [0.4, 0.5) is 5.69 Å². The van der Waals surface area contributed by atoms with E-state index < -0.39 is 0 Å². The minimum atomic E-state index is 0.893. The van der Waals surface area contributed by atoms with E-state index in [2.05, 4.69) is 12.0 Å². The van der Waals surface area contributed by atoms with Gasteiger partial charge < -0.3 is 5.73 Å². The first-order chi connectivity index (χ1) is 7.72. The molecule has 0 spiro atoms. The molecule has 1 heterocycles. The largest absolute Gasteiger partial charge is 0.395 e. The molecule has 2 N–H and O–H groups in total. The molecule has 1 aromatic rings. The number of hydrogen-bond acceptors (Lipinski definition) is 3. The predicted molar refractivity (Wildman–Crippen MR) is 69.7 cm³/mol. The quantitative estimate of drug-likeness (QED) is 0.822. The van der Waals surface area contributed by atoms with Crippen molar-refractivity contribution in [1.82, 2.24) is 9.78 Å². The molecule has 4 heteroatoms. The second kappa shape index (κ2) is 5.13. The van der Waals surface area contributed by atoms with Crippen molar-refractivity contribution in [3.8, 4) is 0 Å². The van der Waals surface area contributed by atoms with Gasteiger partial charge in [-0.3, -0.25) is 4.68 Å². The Kier molecular flexibility index (Phi) is 3.79. The van der Waals surface area contributed by atoms with Gasteiger partial charge in [0.2, 0.25) is 0 Å². The average molecular weight is 239 g/mol.